The minimum absolute atomic E-state index is 0.0259. The van der Waals surface area contributed by atoms with Crippen LogP contribution in [0.2, 0.25) is 10.0 Å². The lowest BCUT2D eigenvalue weighted by Crippen LogP contribution is -2.44. The van der Waals surface area contributed by atoms with Gasteiger partial charge in [-0.2, -0.15) is 0 Å². The second kappa shape index (κ2) is 12.9. The summed E-state index contributed by atoms with van der Waals surface area (Å²) in [7, 11) is -4.82. The summed E-state index contributed by atoms with van der Waals surface area (Å²) < 4.78 is 66.3. The molecule has 0 aromatic heterocycles. The molecular formula is C27H29Cl2N3O7S2. The number of piperidine rings is 1. The fraction of sp³-hybridized carbons (Fsp3) is 0.296. The van der Waals surface area contributed by atoms with E-state index in [1.165, 1.54) is 54.9 Å². The Hall–Kier alpha value is -3.03. The van der Waals surface area contributed by atoms with Gasteiger partial charge in [-0.1, -0.05) is 29.3 Å². The Labute approximate surface area is 249 Å². The highest BCUT2D eigenvalue weighted by Gasteiger charge is 2.33. The van der Waals surface area contributed by atoms with Gasteiger partial charge in [0, 0.05) is 34.9 Å². The number of carbonyl (C=O) groups is 1. The maximum Gasteiger partial charge on any atom is 0.262 e. The van der Waals surface area contributed by atoms with E-state index in [2.05, 4.69) is 10.0 Å². The summed E-state index contributed by atoms with van der Waals surface area (Å²) in [6.07, 6.45) is 1.03. The van der Waals surface area contributed by atoms with E-state index in [1.807, 2.05) is 0 Å². The summed E-state index contributed by atoms with van der Waals surface area (Å²) in [5.74, 6) is -0.472. The molecule has 1 amide bonds. The molecule has 41 heavy (non-hydrogen) atoms. The van der Waals surface area contributed by atoms with Gasteiger partial charge < -0.3 is 14.8 Å². The highest BCUT2D eigenvalue weighted by Crippen LogP contribution is 2.31. The molecule has 3 aromatic rings. The summed E-state index contributed by atoms with van der Waals surface area (Å²) in [6, 6.07) is 15.0. The standard InChI is InChI=1S/C27H29Cl2N3O7S2/c1-38-22-9-12-26(39-2)25(15-22)31-41(36,37)23-10-7-21(8-11-23)30-27(33)18-4-3-13-32(16-18)40(34,35)17-19-5-6-20(28)14-24(19)29/h5-12,14-15,18,31H,3-4,13,16-17H2,1-2H3,(H,30,33). The first-order valence-electron chi connectivity index (χ1n) is 12.5. The fourth-order valence-electron chi connectivity index (χ4n) is 4.39. The number of ether oxygens (including phenoxy) is 2. The molecule has 0 radical (unpaired) electrons. The zero-order valence-electron chi connectivity index (χ0n) is 22.3. The summed E-state index contributed by atoms with van der Waals surface area (Å²) in [5, 5.41) is 3.43. The minimum atomic E-state index is -3.98. The van der Waals surface area contributed by atoms with Gasteiger partial charge in [-0.25, -0.2) is 21.1 Å². The third-order valence-electron chi connectivity index (χ3n) is 6.58. The Morgan fingerprint density at radius 3 is 2.37 bits per heavy atom. The van der Waals surface area contributed by atoms with Gasteiger partial charge in [0.05, 0.1) is 36.5 Å². The Bertz CT molecular complexity index is 1630. The minimum Gasteiger partial charge on any atom is -0.497 e. The van der Waals surface area contributed by atoms with Gasteiger partial charge in [0.15, 0.2) is 0 Å². The zero-order valence-corrected chi connectivity index (χ0v) is 25.4. The number of carbonyl (C=O) groups excluding carboxylic acids is 1. The van der Waals surface area contributed by atoms with Gasteiger partial charge >= 0.3 is 0 Å². The third kappa shape index (κ3) is 7.63. The molecule has 220 valence electrons. The maximum atomic E-state index is 13.1. The lowest BCUT2D eigenvalue weighted by molar-refractivity contribution is -0.120. The van der Waals surface area contributed by atoms with E-state index in [0.717, 1.165) is 0 Å². The molecule has 0 saturated carbocycles. The third-order valence-corrected chi connectivity index (χ3v) is 10.3. The molecule has 1 heterocycles. The van der Waals surface area contributed by atoms with Crippen molar-refractivity contribution >= 4 is 60.5 Å². The van der Waals surface area contributed by atoms with E-state index in [0.29, 0.717) is 47.2 Å². The monoisotopic (exact) mass is 641 g/mol. The average molecular weight is 643 g/mol. The van der Waals surface area contributed by atoms with Crippen LogP contribution in [-0.2, 0) is 30.6 Å². The van der Waals surface area contributed by atoms with Crippen LogP contribution in [0.4, 0.5) is 11.4 Å². The molecule has 0 spiro atoms. The van der Waals surface area contributed by atoms with Crippen molar-refractivity contribution in [3.8, 4) is 11.5 Å². The molecule has 1 fully saturated rings. The van der Waals surface area contributed by atoms with Gasteiger partial charge in [-0.15, -0.1) is 0 Å². The molecule has 3 aromatic carbocycles. The Morgan fingerprint density at radius 1 is 0.976 bits per heavy atom. The number of amides is 1. The van der Waals surface area contributed by atoms with Crippen molar-refractivity contribution in [1.82, 2.24) is 4.31 Å². The number of rotatable bonds is 10. The van der Waals surface area contributed by atoms with Gasteiger partial charge in [0.1, 0.15) is 11.5 Å². The molecule has 0 bridgehead atoms. The topological polar surface area (TPSA) is 131 Å². The van der Waals surface area contributed by atoms with Crippen LogP contribution < -0.4 is 19.5 Å². The van der Waals surface area contributed by atoms with Crippen LogP contribution in [0, 0.1) is 5.92 Å². The van der Waals surface area contributed by atoms with Crippen molar-refractivity contribution < 1.29 is 31.1 Å². The molecule has 1 atom stereocenters. The predicted molar refractivity (Wildman–Crippen MR) is 159 cm³/mol. The van der Waals surface area contributed by atoms with Crippen LogP contribution in [0.1, 0.15) is 18.4 Å². The number of methoxy groups -OCH3 is 2. The molecule has 1 saturated heterocycles. The second-order valence-corrected chi connectivity index (χ2v) is 13.9. The van der Waals surface area contributed by atoms with E-state index in [-0.39, 0.29) is 33.8 Å². The second-order valence-electron chi connectivity index (χ2n) is 9.37. The quantitative estimate of drug-likeness (QED) is 0.319. The molecule has 2 N–H and O–H groups in total. The molecule has 1 aliphatic rings. The fourth-order valence-corrected chi connectivity index (χ4v) is 7.65. The molecule has 10 nitrogen and oxygen atoms in total. The number of sulfonamides is 2. The van der Waals surface area contributed by atoms with Crippen LogP contribution in [0.5, 0.6) is 11.5 Å². The van der Waals surface area contributed by atoms with Gasteiger partial charge in [-0.3, -0.25) is 9.52 Å². The van der Waals surface area contributed by atoms with E-state index >= 15 is 0 Å². The number of halogens is 2. The largest absolute Gasteiger partial charge is 0.497 e. The molecule has 4 rings (SSSR count). The number of nitrogens with one attached hydrogen (secondary N) is 2. The first-order valence-corrected chi connectivity index (χ1v) is 16.3. The number of benzene rings is 3. The van der Waals surface area contributed by atoms with Crippen LogP contribution in [0.25, 0.3) is 0 Å². The van der Waals surface area contributed by atoms with Crippen molar-refractivity contribution in [1.29, 1.82) is 0 Å². The number of hydrogen-bond donors (Lipinski definition) is 2. The first kappa shape index (κ1) is 30.9. The molecule has 14 heteroatoms. The SMILES string of the molecule is COc1ccc(OC)c(NS(=O)(=O)c2ccc(NC(=O)C3CCCN(S(=O)(=O)Cc4ccc(Cl)cc4Cl)C3)cc2)c1. The molecular weight excluding hydrogens is 613 g/mol. The zero-order chi connectivity index (χ0) is 29.8. The Morgan fingerprint density at radius 2 is 1.71 bits per heavy atom. The highest BCUT2D eigenvalue weighted by atomic mass is 35.5. The van der Waals surface area contributed by atoms with Crippen molar-refractivity contribution in [2.45, 2.75) is 23.5 Å². The van der Waals surface area contributed by atoms with Gasteiger partial charge in [0.2, 0.25) is 15.9 Å². The van der Waals surface area contributed by atoms with Crippen LogP contribution in [-0.4, -0.2) is 54.4 Å². The van der Waals surface area contributed by atoms with Crippen LogP contribution in [0.15, 0.2) is 65.6 Å². The Kier molecular flexibility index (Phi) is 9.70. The van der Waals surface area contributed by atoms with E-state index in [4.69, 9.17) is 32.7 Å². The van der Waals surface area contributed by atoms with Crippen LogP contribution >= 0.6 is 23.2 Å². The van der Waals surface area contributed by atoms with E-state index in [9.17, 15) is 21.6 Å². The van der Waals surface area contributed by atoms with Gasteiger partial charge in [0.25, 0.3) is 10.0 Å². The molecule has 1 unspecified atom stereocenters. The van der Waals surface area contributed by atoms with E-state index < -0.39 is 26.0 Å². The van der Waals surface area contributed by atoms with Crippen molar-refractivity contribution in [3.05, 3.63) is 76.3 Å². The van der Waals surface area contributed by atoms with Gasteiger partial charge in [-0.05, 0) is 66.9 Å². The van der Waals surface area contributed by atoms with Crippen molar-refractivity contribution in [2.75, 3.05) is 37.3 Å². The van der Waals surface area contributed by atoms with Crippen LogP contribution in [0.3, 0.4) is 0 Å². The summed E-state index contributed by atoms with van der Waals surface area (Å²) in [6.45, 7) is 0.326. The van der Waals surface area contributed by atoms with Crippen molar-refractivity contribution in [2.24, 2.45) is 5.92 Å². The normalized spacial score (nSPS) is 16.1. The van der Waals surface area contributed by atoms with Crippen molar-refractivity contribution in [3.63, 3.8) is 0 Å². The number of hydrogen-bond acceptors (Lipinski definition) is 7. The number of nitrogens with zero attached hydrogens (tertiary/aromatic N) is 1. The summed E-state index contributed by atoms with van der Waals surface area (Å²) in [5.41, 5.74) is 1.01. The molecule has 0 aliphatic carbocycles. The molecule has 1 aliphatic heterocycles. The lowest BCUT2D eigenvalue weighted by atomic mass is 9.99. The summed E-state index contributed by atoms with van der Waals surface area (Å²) in [4.78, 5) is 13.0. The number of anilines is 2. The lowest BCUT2D eigenvalue weighted by Gasteiger charge is -2.31. The van der Waals surface area contributed by atoms with E-state index in [1.54, 1.807) is 24.3 Å². The first-order chi connectivity index (χ1) is 19.4. The highest BCUT2D eigenvalue weighted by molar-refractivity contribution is 7.92. The smallest absolute Gasteiger partial charge is 0.262 e. The Balaban J connectivity index is 1.40. The summed E-state index contributed by atoms with van der Waals surface area (Å²) >= 11 is 12.1. The predicted octanol–water partition coefficient (Wildman–Crippen LogP) is 4.99. The maximum absolute atomic E-state index is 13.1. The average Bonchev–Trinajstić information content (AvgIpc) is 2.94.